The number of nitrogens with zero attached hydrogens (tertiary/aromatic N) is 1. The largest absolute Gasteiger partial charge is 0.345 e. The van der Waals surface area contributed by atoms with Crippen LogP contribution in [-0.2, 0) is 19.4 Å². The average molecular weight is 219 g/mol. The van der Waals surface area contributed by atoms with Crippen LogP contribution in [0.15, 0.2) is 0 Å². The number of rotatable bonds is 3. The normalized spacial score (nSPS) is 23.1. The molecule has 1 saturated carbocycles. The summed E-state index contributed by atoms with van der Waals surface area (Å²) in [6, 6.07) is 0.763. The van der Waals surface area contributed by atoms with Gasteiger partial charge in [0.15, 0.2) is 0 Å². The number of fused-ring (bicyclic) bond motifs is 1. The van der Waals surface area contributed by atoms with Crippen LogP contribution in [0.3, 0.4) is 0 Å². The summed E-state index contributed by atoms with van der Waals surface area (Å²) in [5.41, 5.74) is 3.14. The molecule has 3 heteroatoms. The maximum atomic E-state index is 4.70. The Bertz CT molecular complexity index is 388. The number of imidazole rings is 1. The molecule has 0 aliphatic heterocycles. The monoisotopic (exact) mass is 219 g/mol. The van der Waals surface area contributed by atoms with Crippen LogP contribution in [0.5, 0.6) is 0 Å². The van der Waals surface area contributed by atoms with Crippen LogP contribution in [0.4, 0.5) is 0 Å². The standard InChI is InChI=1S/C13H21N3/c1-13(2)6-5-10-11(7-13)16-12(15-10)8-14-9-3-4-9/h9,14H,3-8H2,1-2H3,(H,15,16). The lowest BCUT2D eigenvalue weighted by atomic mass is 9.78. The van der Waals surface area contributed by atoms with Crippen molar-refractivity contribution in [3.63, 3.8) is 0 Å². The number of H-pyrrole nitrogens is 1. The van der Waals surface area contributed by atoms with Crippen LogP contribution in [-0.4, -0.2) is 16.0 Å². The highest BCUT2D eigenvalue weighted by Gasteiger charge is 2.28. The van der Waals surface area contributed by atoms with Gasteiger partial charge in [0.1, 0.15) is 5.82 Å². The van der Waals surface area contributed by atoms with Gasteiger partial charge in [0, 0.05) is 11.7 Å². The van der Waals surface area contributed by atoms with E-state index in [-0.39, 0.29) is 0 Å². The Labute approximate surface area is 97.0 Å². The minimum absolute atomic E-state index is 0.445. The number of nitrogens with one attached hydrogen (secondary N) is 2. The first-order chi connectivity index (χ1) is 7.62. The van der Waals surface area contributed by atoms with Gasteiger partial charge in [0.2, 0.25) is 0 Å². The van der Waals surface area contributed by atoms with Gasteiger partial charge < -0.3 is 10.3 Å². The molecule has 3 rings (SSSR count). The number of aryl methyl sites for hydroxylation is 1. The van der Waals surface area contributed by atoms with Crippen molar-refractivity contribution < 1.29 is 0 Å². The summed E-state index contributed by atoms with van der Waals surface area (Å²) in [6.45, 7) is 5.61. The van der Waals surface area contributed by atoms with Gasteiger partial charge in [-0.05, 0) is 37.5 Å². The molecule has 1 aromatic heterocycles. The highest BCUT2D eigenvalue weighted by Crippen LogP contribution is 2.33. The predicted molar refractivity (Wildman–Crippen MR) is 64.3 cm³/mol. The van der Waals surface area contributed by atoms with E-state index in [2.05, 4.69) is 24.1 Å². The third kappa shape index (κ3) is 2.14. The maximum absolute atomic E-state index is 4.70. The minimum atomic E-state index is 0.445. The second-order valence-electron chi connectivity index (χ2n) is 6.10. The van der Waals surface area contributed by atoms with E-state index in [1.807, 2.05) is 0 Å². The molecule has 1 aromatic rings. The fourth-order valence-corrected chi connectivity index (χ4v) is 2.49. The van der Waals surface area contributed by atoms with Crippen molar-refractivity contribution in [2.45, 2.75) is 58.5 Å². The van der Waals surface area contributed by atoms with Gasteiger partial charge in [-0.25, -0.2) is 4.98 Å². The molecule has 88 valence electrons. The Kier molecular flexibility index (Phi) is 2.32. The quantitative estimate of drug-likeness (QED) is 0.818. The second-order valence-corrected chi connectivity index (χ2v) is 6.10. The lowest BCUT2D eigenvalue weighted by Gasteiger charge is -2.28. The zero-order valence-electron chi connectivity index (χ0n) is 10.3. The Hall–Kier alpha value is -0.830. The Morgan fingerprint density at radius 2 is 2.25 bits per heavy atom. The third-order valence-electron chi connectivity index (χ3n) is 3.74. The smallest absolute Gasteiger partial charge is 0.120 e. The van der Waals surface area contributed by atoms with Crippen molar-refractivity contribution in [1.82, 2.24) is 15.3 Å². The number of hydrogen-bond acceptors (Lipinski definition) is 2. The van der Waals surface area contributed by atoms with Crippen LogP contribution in [0.1, 0.15) is 50.3 Å². The molecular weight excluding hydrogens is 198 g/mol. The molecule has 0 unspecified atom stereocenters. The minimum Gasteiger partial charge on any atom is -0.345 e. The van der Waals surface area contributed by atoms with Crippen molar-refractivity contribution in [2.24, 2.45) is 5.41 Å². The summed E-state index contributed by atoms with van der Waals surface area (Å²) in [4.78, 5) is 8.20. The second kappa shape index (κ2) is 3.59. The van der Waals surface area contributed by atoms with Gasteiger partial charge in [0.05, 0.1) is 12.2 Å². The first kappa shape index (κ1) is 10.3. The molecule has 0 bridgehead atoms. The molecule has 1 fully saturated rings. The van der Waals surface area contributed by atoms with Gasteiger partial charge in [-0.15, -0.1) is 0 Å². The summed E-state index contributed by atoms with van der Waals surface area (Å²) in [5, 5.41) is 3.51. The summed E-state index contributed by atoms with van der Waals surface area (Å²) >= 11 is 0. The first-order valence-electron chi connectivity index (χ1n) is 6.42. The molecule has 2 N–H and O–H groups in total. The number of aromatic amines is 1. The van der Waals surface area contributed by atoms with E-state index < -0.39 is 0 Å². The van der Waals surface area contributed by atoms with E-state index >= 15 is 0 Å². The first-order valence-corrected chi connectivity index (χ1v) is 6.42. The molecule has 2 aliphatic rings. The summed E-state index contributed by atoms with van der Waals surface area (Å²) in [5.74, 6) is 1.13. The van der Waals surface area contributed by atoms with Gasteiger partial charge in [-0.3, -0.25) is 0 Å². The molecule has 0 atom stereocenters. The van der Waals surface area contributed by atoms with E-state index in [0.29, 0.717) is 5.41 Å². The molecule has 0 spiro atoms. The van der Waals surface area contributed by atoms with Crippen molar-refractivity contribution in [3.05, 3.63) is 17.2 Å². The van der Waals surface area contributed by atoms with E-state index in [4.69, 9.17) is 4.98 Å². The van der Waals surface area contributed by atoms with Crippen LogP contribution in [0.25, 0.3) is 0 Å². The van der Waals surface area contributed by atoms with Crippen molar-refractivity contribution in [2.75, 3.05) is 0 Å². The lowest BCUT2D eigenvalue weighted by Crippen LogP contribution is -2.21. The average Bonchev–Trinajstić information content (AvgIpc) is 2.95. The molecule has 16 heavy (non-hydrogen) atoms. The van der Waals surface area contributed by atoms with Gasteiger partial charge in [0.25, 0.3) is 0 Å². The van der Waals surface area contributed by atoms with Crippen molar-refractivity contribution >= 4 is 0 Å². The van der Waals surface area contributed by atoms with E-state index in [1.165, 1.54) is 30.7 Å². The molecule has 3 nitrogen and oxygen atoms in total. The highest BCUT2D eigenvalue weighted by atomic mass is 15.0. The summed E-state index contributed by atoms with van der Waals surface area (Å²) in [7, 11) is 0. The third-order valence-corrected chi connectivity index (χ3v) is 3.74. The Morgan fingerprint density at radius 3 is 3.00 bits per heavy atom. The van der Waals surface area contributed by atoms with Crippen LogP contribution in [0, 0.1) is 5.41 Å². The number of hydrogen-bond donors (Lipinski definition) is 2. The number of aromatic nitrogens is 2. The van der Waals surface area contributed by atoms with E-state index in [1.54, 1.807) is 0 Å². The zero-order valence-corrected chi connectivity index (χ0v) is 10.3. The van der Waals surface area contributed by atoms with Crippen molar-refractivity contribution in [3.8, 4) is 0 Å². The molecule has 0 aromatic carbocycles. The molecule has 0 saturated heterocycles. The molecule has 1 heterocycles. The van der Waals surface area contributed by atoms with Crippen LogP contribution < -0.4 is 5.32 Å². The fourth-order valence-electron chi connectivity index (χ4n) is 2.49. The summed E-state index contributed by atoms with van der Waals surface area (Å²) in [6.07, 6.45) is 6.24. The van der Waals surface area contributed by atoms with Crippen LogP contribution in [0.2, 0.25) is 0 Å². The highest BCUT2D eigenvalue weighted by molar-refractivity contribution is 5.20. The van der Waals surface area contributed by atoms with Crippen molar-refractivity contribution in [1.29, 1.82) is 0 Å². The SMILES string of the molecule is CC1(C)CCc2nc(CNC3CC3)[nH]c2C1. The fraction of sp³-hybridized carbons (Fsp3) is 0.769. The zero-order chi connectivity index (χ0) is 11.2. The maximum Gasteiger partial charge on any atom is 0.120 e. The van der Waals surface area contributed by atoms with Gasteiger partial charge in [-0.2, -0.15) is 0 Å². The molecule has 0 amide bonds. The lowest BCUT2D eigenvalue weighted by molar-refractivity contribution is 0.310. The van der Waals surface area contributed by atoms with Gasteiger partial charge in [-0.1, -0.05) is 13.8 Å². The molecular formula is C13H21N3. The molecule has 0 radical (unpaired) electrons. The molecule has 2 aliphatic carbocycles. The van der Waals surface area contributed by atoms with Crippen LogP contribution >= 0.6 is 0 Å². The van der Waals surface area contributed by atoms with Gasteiger partial charge >= 0.3 is 0 Å². The predicted octanol–water partition coefficient (Wildman–Crippen LogP) is 2.18. The van der Waals surface area contributed by atoms with E-state index in [0.717, 1.165) is 31.3 Å². The Morgan fingerprint density at radius 1 is 1.44 bits per heavy atom. The van der Waals surface area contributed by atoms with E-state index in [9.17, 15) is 0 Å². The topological polar surface area (TPSA) is 40.7 Å². The Balaban J connectivity index is 1.70. The summed E-state index contributed by atoms with van der Waals surface area (Å²) < 4.78 is 0.